The van der Waals surface area contributed by atoms with Crippen LogP contribution in [0, 0.1) is 5.92 Å². The molecule has 0 aromatic rings. The second-order valence-corrected chi connectivity index (χ2v) is 2.83. The maximum atomic E-state index is 5.57. The SMILES string of the molecule is CCC1O[C@@H](N)C[C@@H]1C. The number of rotatable bonds is 1. The Kier molecular flexibility index (Phi) is 2.09. The molecule has 0 radical (unpaired) electrons. The average Bonchev–Trinajstić information content (AvgIpc) is 2.10. The van der Waals surface area contributed by atoms with Crippen LogP contribution in [0.4, 0.5) is 0 Å². The monoisotopic (exact) mass is 129 g/mol. The van der Waals surface area contributed by atoms with Crippen molar-refractivity contribution in [3.8, 4) is 0 Å². The van der Waals surface area contributed by atoms with Crippen LogP contribution in [0.3, 0.4) is 0 Å². The molecular formula is C7H15NO. The number of hydrogen-bond donors (Lipinski definition) is 1. The predicted molar refractivity (Wildman–Crippen MR) is 36.9 cm³/mol. The Bertz CT molecular complexity index is 94.9. The molecule has 1 saturated heterocycles. The third-order valence-corrected chi connectivity index (χ3v) is 1.99. The van der Waals surface area contributed by atoms with Crippen LogP contribution in [-0.2, 0) is 4.74 Å². The van der Waals surface area contributed by atoms with Crippen LogP contribution in [0.1, 0.15) is 26.7 Å². The molecule has 0 amide bonds. The summed E-state index contributed by atoms with van der Waals surface area (Å²) < 4.78 is 5.40. The first-order chi connectivity index (χ1) is 4.24. The van der Waals surface area contributed by atoms with Crippen molar-refractivity contribution in [3.05, 3.63) is 0 Å². The van der Waals surface area contributed by atoms with E-state index < -0.39 is 0 Å². The summed E-state index contributed by atoms with van der Waals surface area (Å²) in [7, 11) is 0. The molecule has 1 unspecified atom stereocenters. The van der Waals surface area contributed by atoms with Crippen molar-refractivity contribution in [2.75, 3.05) is 0 Å². The summed E-state index contributed by atoms with van der Waals surface area (Å²) in [5.74, 6) is 0.657. The van der Waals surface area contributed by atoms with Gasteiger partial charge < -0.3 is 10.5 Å². The van der Waals surface area contributed by atoms with Crippen molar-refractivity contribution in [1.29, 1.82) is 0 Å². The van der Waals surface area contributed by atoms with E-state index in [1.54, 1.807) is 0 Å². The fraction of sp³-hybridized carbons (Fsp3) is 1.00. The third kappa shape index (κ3) is 1.43. The van der Waals surface area contributed by atoms with Crippen molar-refractivity contribution >= 4 is 0 Å². The van der Waals surface area contributed by atoms with Gasteiger partial charge in [-0.25, -0.2) is 0 Å². The van der Waals surface area contributed by atoms with Gasteiger partial charge in [0.15, 0.2) is 0 Å². The lowest BCUT2D eigenvalue weighted by Gasteiger charge is -2.10. The van der Waals surface area contributed by atoms with Gasteiger partial charge in [0.1, 0.15) is 6.23 Å². The zero-order valence-electron chi connectivity index (χ0n) is 6.13. The molecule has 0 aromatic carbocycles. The topological polar surface area (TPSA) is 35.2 Å². The number of nitrogens with two attached hydrogens (primary N) is 1. The van der Waals surface area contributed by atoms with Crippen molar-refractivity contribution in [2.45, 2.75) is 39.0 Å². The van der Waals surface area contributed by atoms with E-state index in [1.165, 1.54) is 0 Å². The van der Waals surface area contributed by atoms with E-state index in [0.29, 0.717) is 12.0 Å². The predicted octanol–water partition coefficient (Wildman–Crippen LogP) is 1.11. The summed E-state index contributed by atoms with van der Waals surface area (Å²) >= 11 is 0. The average molecular weight is 129 g/mol. The maximum Gasteiger partial charge on any atom is 0.106 e. The molecule has 1 aliphatic rings. The van der Waals surface area contributed by atoms with Crippen LogP contribution >= 0.6 is 0 Å². The number of ether oxygens (including phenoxy) is 1. The molecule has 1 rings (SSSR count). The van der Waals surface area contributed by atoms with Crippen LogP contribution < -0.4 is 5.73 Å². The Morgan fingerprint density at radius 2 is 2.33 bits per heavy atom. The van der Waals surface area contributed by atoms with E-state index in [2.05, 4.69) is 13.8 Å². The molecule has 54 valence electrons. The van der Waals surface area contributed by atoms with Gasteiger partial charge in [-0.05, 0) is 18.8 Å². The van der Waals surface area contributed by atoms with Crippen LogP contribution in [-0.4, -0.2) is 12.3 Å². The highest BCUT2D eigenvalue weighted by molar-refractivity contribution is 4.74. The van der Waals surface area contributed by atoms with E-state index in [0.717, 1.165) is 12.8 Å². The molecule has 0 aromatic heterocycles. The van der Waals surface area contributed by atoms with Crippen molar-refractivity contribution < 1.29 is 4.74 Å². The summed E-state index contributed by atoms with van der Waals surface area (Å²) in [4.78, 5) is 0. The first kappa shape index (κ1) is 7.03. The Morgan fingerprint density at radius 3 is 2.56 bits per heavy atom. The lowest BCUT2D eigenvalue weighted by atomic mass is 10.0. The van der Waals surface area contributed by atoms with E-state index in [1.807, 2.05) is 0 Å². The summed E-state index contributed by atoms with van der Waals surface area (Å²) in [5.41, 5.74) is 5.57. The molecule has 0 bridgehead atoms. The molecule has 0 aliphatic carbocycles. The molecule has 1 aliphatic heterocycles. The minimum atomic E-state index is 0.00458. The zero-order valence-corrected chi connectivity index (χ0v) is 6.13. The van der Waals surface area contributed by atoms with Crippen molar-refractivity contribution in [1.82, 2.24) is 0 Å². The Labute approximate surface area is 56.4 Å². The van der Waals surface area contributed by atoms with E-state index in [9.17, 15) is 0 Å². The normalized spacial score (nSPS) is 43.7. The largest absolute Gasteiger partial charge is 0.360 e. The fourth-order valence-corrected chi connectivity index (χ4v) is 1.43. The van der Waals surface area contributed by atoms with E-state index in [-0.39, 0.29) is 6.23 Å². The Morgan fingerprint density at radius 1 is 1.67 bits per heavy atom. The van der Waals surface area contributed by atoms with E-state index in [4.69, 9.17) is 10.5 Å². The van der Waals surface area contributed by atoms with Crippen LogP contribution in [0.2, 0.25) is 0 Å². The molecule has 2 heteroatoms. The molecule has 3 atom stereocenters. The minimum Gasteiger partial charge on any atom is -0.360 e. The lowest BCUT2D eigenvalue weighted by Crippen LogP contribution is -2.19. The summed E-state index contributed by atoms with van der Waals surface area (Å²) in [5, 5.41) is 0. The smallest absolute Gasteiger partial charge is 0.106 e. The van der Waals surface area contributed by atoms with Gasteiger partial charge in [-0.2, -0.15) is 0 Å². The fourth-order valence-electron chi connectivity index (χ4n) is 1.43. The maximum absolute atomic E-state index is 5.57. The number of hydrogen-bond acceptors (Lipinski definition) is 2. The van der Waals surface area contributed by atoms with Gasteiger partial charge in [-0.15, -0.1) is 0 Å². The second-order valence-electron chi connectivity index (χ2n) is 2.83. The van der Waals surface area contributed by atoms with Gasteiger partial charge in [-0.3, -0.25) is 0 Å². The van der Waals surface area contributed by atoms with Gasteiger partial charge in [0.2, 0.25) is 0 Å². The molecular weight excluding hydrogens is 114 g/mol. The standard InChI is InChI=1S/C7H15NO/c1-3-6-5(2)4-7(8)9-6/h5-7H,3-4,8H2,1-2H3/t5-,6?,7+/m0/s1. The first-order valence-electron chi connectivity index (χ1n) is 3.65. The van der Waals surface area contributed by atoms with Crippen molar-refractivity contribution in [2.24, 2.45) is 11.7 Å². The highest BCUT2D eigenvalue weighted by Crippen LogP contribution is 2.24. The van der Waals surface area contributed by atoms with Gasteiger partial charge >= 0.3 is 0 Å². The lowest BCUT2D eigenvalue weighted by molar-refractivity contribution is 0.0378. The molecule has 2 N–H and O–H groups in total. The zero-order chi connectivity index (χ0) is 6.85. The van der Waals surface area contributed by atoms with Gasteiger partial charge in [0.25, 0.3) is 0 Å². The Balaban J connectivity index is 2.38. The van der Waals surface area contributed by atoms with Crippen LogP contribution in [0.25, 0.3) is 0 Å². The minimum absolute atomic E-state index is 0.00458. The molecule has 9 heavy (non-hydrogen) atoms. The first-order valence-corrected chi connectivity index (χ1v) is 3.65. The summed E-state index contributed by atoms with van der Waals surface area (Å²) in [6.07, 6.45) is 2.54. The molecule has 0 spiro atoms. The highest BCUT2D eigenvalue weighted by Gasteiger charge is 2.27. The van der Waals surface area contributed by atoms with Gasteiger partial charge in [-0.1, -0.05) is 13.8 Å². The van der Waals surface area contributed by atoms with Crippen molar-refractivity contribution in [3.63, 3.8) is 0 Å². The highest BCUT2D eigenvalue weighted by atomic mass is 16.5. The quantitative estimate of drug-likeness (QED) is 0.575. The molecule has 0 saturated carbocycles. The van der Waals surface area contributed by atoms with Crippen LogP contribution in [0.5, 0.6) is 0 Å². The summed E-state index contributed by atoms with van der Waals surface area (Å²) in [6, 6.07) is 0. The second kappa shape index (κ2) is 2.67. The summed E-state index contributed by atoms with van der Waals surface area (Å²) in [6.45, 7) is 4.33. The molecule has 1 heterocycles. The Hall–Kier alpha value is -0.0800. The van der Waals surface area contributed by atoms with Gasteiger partial charge in [0.05, 0.1) is 6.10 Å². The molecule has 2 nitrogen and oxygen atoms in total. The van der Waals surface area contributed by atoms with E-state index >= 15 is 0 Å². The van der Waals surface area contributed by atoms with Gasteiger partial charge in [0, 0.05) is 0 Å². The third-order valence-electron chi connectivity index (χ3n) is 1.99. The molecule has 1 fully saturated rings. The van der Waals surface area contributed by atoms with Crippen LogP contribution in [0.15, 0.2) is 0 Å².